The van der Waals surface area contributed by atoms with Crippen molar-refractivity contribution in [1.29, 1.82) is 0 Å². The van der Waals surface area contributed by atoms with E-state index >= 15 is 0 Å². The first-order valence-electron chi connectivity index (χ1n) is 9.46. The molecule has 4 aromatic rings. The van der Waals surface area contributed by atoms with Crippen molar-refractivity contribution in [3.05, 3.63) is 106 Å². The van der Waals surface area contributed by atoms with E-state index in [2.05, 4.69) is 44.2 Å². The number of nitro benzene ring substituents is 1. The summed E-state index contributed by atoms with van der Waals surface area (Å²) in [5.74, 6) is 0. The molecule has 0 N–H and O–H groups in total. The Morgan fingerprint density at radius 3 is 2.17 bits per heavy atom. The molecule has 0 spiro atoms. The number of aryl methyl sites for hydroxylation is 2. The maximum Gasteiger partial charge on any atom is 0.269 e. The largest absolute Gasteiger partial charge is 0.269 e. The topological polar surface area (TPSA) is 61.0 Å². The second kappa shape index (κ2) is 7.72. The predicted molar refractivity (Wildman–Crippen MR) is 115 cm³/mol. The van der Waals surface area contributed by atoms with Crippen LogP contribution < -0.4 is 0 Å². The number of non-ortho nitro benzene ring substituents is 1. The van der Waals surface area contributed by atoms with Crippen LogP contribution in [-0.4, -0.2) is 14.7 Å². The molecule has 4 rings (SSSR count). The molecule has 0 amide bonds. The minimum Gasteiger partial charge on any atom is -0.260 e. The number of nitro groups is 1. The molecule has 0 saturated heterocycles. The minimum absolute atomic E-state index is 0.0891. The van der Waals surface area contributed by atoms with E-state index in [1.54, 1.807) is 12.1 Å². The maximum atomic E-state index is 11.1. The van der Waals surface area contributed by atoms with Gasteiger partial charge in [-0.25, -0.2) is 0 Å². The van der Waals surface area contributed by atoms with Gasteiger partial charge in [-0.2, -0.15) is 5.10 Å². The Morgan fingerprint density at radius 2 is 1.52 bits per heavy atom. The van der Waals surface area contributed by atoms with Crippen LogP contribution in [0.15, 0.2) is 78.9 Å². The van der Waals surface area contributed by atoms with Gasteiger partial charge in [-0.1, -0.05) is 60.7 Å². The lowest BCUT2D eigenvalue weighted by Crippen LogP contribution is -2.05. The Labute approximate surface area is 169 Å². The van der Waals surface area contributed by atoms with Gasteiger partial charge in [-0.15, -0.1) is 0 Å². The van der Waals surface area contributed by atoms with E-state index < -0.39 is 0 Å². The summed E-state index contributed by atoms with van der Waals surface area (Å²) in [6.45, 7) is 4.60. The summed E-state index contributed by atoms with van der Waals surface area (Å²) >= 11 is 0. The fraction of sp³-hybridized carbons (Fsp3) is 0.125. The molecule has 1 heterocycles. The van der Waals surface area contributed by atoms with Gasteiger partial charge < -0.3 is 0 Å². The van der Waals surface area contributed by atoms with E-state index in [-0.39, 0.29) is 10.6 Å². The number of rotatable bonds is 5. The Kier molecular flexibility index (Phi) is 4.96. The van der Waals surface area contributed by atoms with Crippen molar-refractivity contribution < 1.29 is 4.92 Å². The van der Waals surface area contributed by atoms with Crippen LogP contribution in [0.2, 0.25) is 0 Å². The fourth-order valence-electron chi connectivity index (χ4n) is 3.55. The van der Waals surface area contributed by atoms with E-state index in [4.69, 9.17) is 5.10 Å². The molecule has 0 bridgehead atoms. The van der Waals surface area contributed by atoms with Gasteiger partial charge in [-0.05, 0) is 36.6 Å². The molecule has 144 valence electrons. The summed E-state index contributed by atoms with van der Waals surface area (Å²) in [6.07, 6.45) is 0. The molecule has 0 aliphatic rings. The Balaban J connectivity index is 1.83. The normalized spacial score (nSPS) is 10.8. The number of hydrogen-bond donors (Lipinski definition) is 0. The molecule has 0 unspecified atom stereocenters. The number of aromatic nitrogens is 2. The Hall–Kier alpha value is -3.73. The number of nitrogens with zero attached hydrogens (tertiary/aromatic N) is 3. The zero-order chi connectivity index (χ0) is 20.4. The van der Waals surface area contributed by atoms with Crippen LogP contribution in [-0.2, 0) is 6.54 Å². The molecular formula is C24H21N3O2. The monoisotopic (exact) mass is 383 g/mol. The highest BCUT2D eigenvalue weighted by Crippen LogP contribution is 2.30. The lowest BCUT2D eigenvalue weighted by Gasteiger charge is -2.10. The van der Waals surface area contributed by atoms with Crippen LogP contribution in [0.5, 0.6) is 0 Å². The van der Waals surface area contributed by atoms with Gasteiger partial charge in [0.2, 0.25) is 0 Å². The van der Waals surface area contributed by atoms with E-state index in [1.165, 1.54) is 6.07 Å². The highest BCUT2D eigenvalue weighted by atomic mass is 16.6. The average Bonchev–Trinajstić information content (AvgIpc) is 3.12. The average molecular weight is 383 g/mol. The van der Waals surface area contributed by atoms with Crippen LogP contribution in [0.3, 0.4) is 0 Å². The van der Waals surface area contributed by atoms with Gasteiger partial charge in [0, 0.05) is 23.3 Å². The van der Waals surface area contributed by atoms with E-state index in [1.807, 2.05) is 35.0 Å². The van der Waals surface area contributed by atoms with Crippen molar-refractivity contribution in [3.63, 3.8) is 0 Å². The van der Waals surface area contributed by atoms with Crippen molar-refractivity contribution in [2.45, 2.75) is 20.4 Å². The molecule has 5 nitrogen and oxygen atoms in total. The fourth-order valence-corrected chi connectivity index (χ4v) is 3.55. The molecule has 0 fully saturated rings. The molecule has 0 aliphatic heterocycles. The molecule has 1 aromatic heterocycles. The van der Waals surface area contributed by atoms with Gasteiger partial charge in [0.25, 0.3) is 5.69 Å². The van der Waals surface area contributed by atoms with Crippen molar-refractivity contribution in [2.24, 2.45) is 0 Å². The second-order valence-electron chi connectivity index (χ2n) is 7.13. The van der Waals surface area contributed by atoms with Gasteiger partial charge in [-0.3, -0.25) is 14.8 Å². The van der Waals surface area contributed by atoms with E-state index in [0.717, 1.165) is 39.2 Å². The zero-order valence-corrected chi connectivity index (χ0v) is 16.4. The molecule has 0 atom stereocenters. The highest BCUT2D eigenvalue weighted by molar-refractivity contribution is 5.72. The second-order valence-corrected chi connectivity index (χ2v) is 7.13. The van der Waals surface area contributed by atoms with Gasteiger partial charge in [0.15, 0.2) is 0 Å². The highest BCUT2D eigenvalue weighted by Gasteiger charge is 2.15. The zero-order valence-electron chi connectivity index (χ0n) is 16.4. The third-order valence-corrected chi connectivity index (χ3v) is 5.08. The summed E-state index contributed by atoms with van der Waals surface area (Å²) in [5.41, 5.74) is 7.32. The Morgan fingerprint density at radius 1 is 0.862 bits per heavy atom. The summed E-state index contributed by atoms with van der Waals surface area (Å²) in [4.78, 5) is 10.8. The maximum absolute atomic E-state index is 11.1. The van der Waals surface area contributed by atoms with Crippen LogP contribution in [0, 0.1) is 24.0 Å². The van der Waals surface area contributed by atoms with E-state index in [0.29, 0.717) is 6.54 Å². The predicted octanol–water partition coefficient (Wildman–Crippen LogP) is 5.79. The van der Waals surface area contributed by atoms with Gasteiger partial charge in [0.1, 0.15) is 0 Å². The summed E-state index contributed by atoms with van der Waals surface area (Å²) in [5, 5.41) is 16.0. The smallest absolute Gasteiger partial charge is 0.260 e. The van der Waals surface area contributed by atoms with E-state index in [9.17, 15) is 10.1 Å². The number of benzene rings is 3. The molecular weight excluding hydrogens is 362 g/mol. The van der Waals surface area contributed by atoms with Crippen molar-refractivity contribution in [3.8, 4) is 22.5 Å². The molecule has 0 saturated carbocycles. The van der Waals surface area contributed by atoms with Crippen molar-refractivity contribution in [2.75, 3.05) is 0 Å². The summed E-state index contributed by atoms with van der Waals surface area (Å²) in [7, 11) is 0. The van der Waals surface area contributed by atoms with Crippen LogP contribution >= 0.6 is 0 Å². The number of hydrogen-bond acceptors (Lipinski definition) is 3. The molecule has 3 aromatic carbocycles. The van der Waals surface area contributed by atoms with Gasteiger partial charge in [0.05, 0.1) is 22.9 Å². The van der Waals surface area contributed by atoms with Crippen molar-refractivity contribution >= 4 is 5.69 Å². The SMILES string of the molecule is Cc1ccccc1-c1cc(-c2ccccc2C)n(Cc2cccc([N+](=O)[O-])c2)n1. The van der Waals surface area contributed by atoms with Gasteiger partial charge >= 0.3 is 0 Å². The summed E-state index contributed by atoms with van der Waals surface area (Å²) < 4.78 is 1.93. The molecule has 0 radical (unpaired) electrons. The molecule has 0 aliphatic carbocycles. The Bertz CT molecular complexity index is 1190. The third kappa shape index (κ3) is 3.80. The van der Waals surface area contributed by atoms with Crippen molar-refractivity contribution in [1.82, 2.24) is 9.78 Å². The lowest BCUT2D eigenvalue weighted by atomic mass is 10.0. The van der Waals surface area contributed by atoms with Crippen LogP contribution in [0.1, 0.15) is 16.7 Å². The third-order valence-electron chi connectivity index (χ3n) is 5.08. The molecule has 29 heavy (non-hydrogen) atoms. The first-order valence-corrected chi connectivity index (χ1v) is 9.46. The first-order chi connectivity index (χ1) is 14.0. The standard InChI is InChI=1S/C24H21N3O2/c1-17-8-3-5-12-21(17)23-15-24(22-13-6-4-9-18(22)2)26(25-23)16-19-10-7-11-20(14-19)27(28)29/h3-15H,16H2,1-2H3. The van der Waals surface area contributed by atoms with Crippen LogP contribution in [0.25, 0.3) is 22.5 Å². The first kappa shape index (κ1) is 18.6. The quantitative estimate of drug-likeness (QED) is 0.324. The molecule has 5 heteroatoms. The minimum atomic E-state index is -0.367. The lowest BCUT2D eigenvalue weighted by molar-refractivity contribution is -0.384. The summed E-state index contributed by atoms with van der Waals surface area (Å²) in [6, 6.07) is 25.2. The van der Waals surface area contributed by atoms with Crippen LogP contribution in [0.4, 0.5) is 5.69 Å².